The number of benzene rings is 1. The fourth-order valence-electron chi connectivity index (χ4n) is 2.21. The minimum atomic E-state index is -0.434. The van der Waals surface area contributed by atoms with E-state index in [0.717, 1.165) is 24.8 Å². The second-order valence-electron chi connectivity index (χ2n) is 4.74. The van der Waals surface area contributed by atoms with Gasteiger partial charge in [-0.1, -0.05) is 29.8 Å². The molecule has 1 aromatic rings. The number of halogens is 1. The van der Waals surface area contributed by atoms with Gasteiger partial charge in [-0.15, -0.1) is 0 Å². The van der Waals surface area contributed by atoms with Crippen molar-refractivity contribution in [3.63, 3.8) is 0 Å². The Morgan fingerprint density at radius 3 is 2.68 bits per heavy atom. The van der Waals surface area contributed by atoms with Crippen LogP contribution in [0.25, 0.3) is 0 Å². The predicted octanol–water partition coefficient (Wildman–Crippen LogP) is 1.62. The predicted molar refractivity (Wildman–Crippen MR) is 74.1 cm³/mol. The second-order valence-corrected chi connectivity index (χ2v) is 5.15. The molecule has 102 valence electrons. The maximum Gasteiger partial charge on any atom is 0.230 e. The molecule has 1 aliphatic rings. The third-order valence-electron chi connectivity index (χ3n) is 3.44. The summed E-state index contributed by atoms with van der Waals surface area (Å²) in [7, 11) is 0. The molecule has 2 amide bonds. The molecule has 0 radical (unpaired) electrons. The van der Waals surface area contributed by atoms with Crippen LogP contribution in [0.2, 0.25) is 5.02 Å². The Labute approximate surface area is 117 Å². The molecule has 0 saturated heterocycles. The molecule has 5 heteroatoms. The highest BCUT2D eigenvalue weighted by Gasteiger charge is 2.51. The van der Waals surface area contributed by atoms with Gasteiger partial charge in [0.05, 0.1) is 5.41 Å². The van der Waals surface area contributed by atoms with Crippen LogP contribution in [-0.4, -0.2) is 25.4 Å². The number of carbonyl (C=O) groups excluding carboxylic acids is 2. The van der Waals surface area contributed by atoms with Gasteiger partial charge in [-0.25, -0.2) is 0 Å². The fraction of sp³-hybridized carbons (Fsp3) is 0.429. The first-order chi connectivity index (χ1) is 9.20. The number of hydrogen-bond acceptors (Lipinski definition) is 2. The molecule has 1 fully saturated rings. The monoisotopic (exact) mass is 280 g/mol. The zero-order valence-electron chi connectivity index (χ0n) is 10.6. The van der Waals surface area contributed by atoms with Crippen LogP contribution in [0.5, 0.6) is 0 Å². The molecule has 0 aromatic heterocycles. The van der Waals surface area contributed by atoms with Crippen LogP contribution >= 0.6 is 11.6 Å². The lowest BCUT2D eigenvalue weighted by Gasteiger charge is -2.17. The van der Waals surface area contributed by atoms with Crippen molar-refractivity contribution in [3.05, 3.63) is 34.9 Å². The normalized spacial score (nSPS) is 15.6. The molecular formula is C14H17ClN2O2. The van der Waals surface area contributed by atoms with Crippen LogP contribution < -0.4 is 10.6 Å². The summed E-state index contributed by atoms with van der Waals surface area (Å²) in [5.74, 6) is 0.0340. The molecule has 0 atom stereocenters. The van der Waals surface area contributed by atoms with E-state index in [1.807, 2.05) is 24.3 Å². The van der Waals surface area contributed by atoms with Gasteiger partial charge in [0.25, 0.3) is 0 Å². The van der Waals surface area contributed by atoms with Gasteiger partial charge in [-0.2, -0.15) is 0 Å². The highest BCUT2D eigenvalue weighted by atomic mass is 35.5. The lowest BCUT2D eigenvalue weighted by atomic mass is 9.95. The number of carbonyl (C=O) groups is 2. The summed E-state index contributed by atoms with van der Waals surface area (Å²) in [5.41, 5.74) is 0.483. The summed E-state index contributed by atoms with van der Waals surface area (Å²) in [6.45, 7) is 1.13. The summed E-state index contributed by atoms with van der Waals surface area (Å²) in [6, 6.07) is 7.51. The molecule has 1 aliphatic carbocycles. The van der Waals surface area contributed by atoms with E-state index in [9.17, 15) is 9.59 Å². The van der Waals surface area contributed by atoms with Gasteiger partial charge in [0.1, 0.15) is 0 Å². The van der Waals surface area contributed by atoms with E-state index in [1.165, 1.54) is 0 Å². The van der Waals surface area contributed by atoms with Crippen molar-refractivity contribution in [2.75, 3.05) is 13.1 Å². The van der Waals surface area contributed by atoms with E-state index in [4.69, 9.17) is 11.6 Å². The Morgan fingerprint density at radius 2 is 2.05 bits per heavy atom. The van der Waals surface area contributed by atoms with E-state index < -0.39 is 5.41 Å². The molecule has 0 heterocycles. The Balaban J connectivity index is 1.92. The van der Waals surface area contributed by atoms with Crippen LogP contribution in [0.3, 0.4) is 0 Å². The molecule has 0 aliphatic heterocycles. The zero-order valence-corrected chi connectivity index (χ0v) is 11.4. The van der Waals surface area contributed by atoms with Crippen LogP contribution in [0, 0.1) is 0 Å². The van der Waals surface area contributed by atoms with Crippen molar-refractivity contribution < 1.29 is 9.59 Å². The van der Waals surface area contributed by atoms with Gasteiger partial charge in [0.15, 0.2) is 0 Å². The second kappa shape index (κ2) is 6.06. The number of hydrogen-bond donors (Lipinski definition) is 2. The Kier molecular flexibility index (Phi) is 4.43. The molecule has 0 spiro atoms. The van der Waals surface area contributed by atoms with Gasteiger partial charge in [0, 0.05) is 18.1 Å². The summed E-state index contributed by atoms with van der Waals surface area (Å²) >= 11 is 6.17. The van der Waals surface area contributed by atoms with Crippen molar-refractivity contribution in [1.82, 2.24) is 10.6 Å². The highest BCUT2D eigenvalue weighted by Crippen LogP contribution is 2.50. The van der Waals surface area contributed by atoms with Crippen molar-refractivity contribution in [3.8, 4) is 0 Å². The largest absolute Gasteiger partial charge is 0.359 e. The minimum Gasteiger partial charge on any atom is -0.359 e. The van der Waals surface area contributed by atoms with Crippen LogP contribution in [0.4, 0.5) is 0 Å². The summed E-state index contributed by atoms with van der Waals surface area (Å²) in [4.78, 5) is 22.3. The molecule has 2 N–H and O–H groups in total. The maximum atomic E-state index is 12.3. The maximum absolute atomic E-state index is 12.3. The summed E-state index contributed by atoms with van der Waals surface area (Å²) in [6.07, 6.45) is 3.07. The number of rotatable bonds is 7. The van der Waals surface area contributed by atoms with E-state index in [0.29, 0.717) is 24.5 Å². The molecule has 1 saturated carbocycles. The molecule has 2 rings (SSSR count). The third kappa shape index (κ3) is 3.07. The first-order valence-electron chi connectivity index (χ1n) is 6.41. The first kappa shape index (κ1) is 13.9. The van der Waals surface area contributed by atoms with Crippen molar-refractivity contribution in [1.29, 1.82) is 0 Å². The lowest BCUT2D eigenvalue weighted by Crippen LogP contribution is -2.36. The molecule has 4 nitrogen and oxygen atoms in total. The fourth-order valence-corrected chi connectivity index (χ4v) is 2.53. The van der Waals surface area contributed by atoms with E-state index in [-0.39, 0.29) is 5.91 Å². The van der Waals surface area contributed by atoms with Crippen LogP contribution in [-0.2, 0) is 15.0 Å². The molecule has 0 unspecified atom stereocenters. The van der Waals surface area contributed by atoms with E-state index in [1.54, 1.807) is 0 Å². The van der Waals surface area contributed by atoms with Crippen molar-refractivity contribution >= 4 is 23.9 Å². The van der Waals surface area contributed by atoms with Gasteiger partial charge in [-0.3, -0.25) is 9.59 Å². The van der Waals surface area contributed by atoms with Gasteiger partial charge < -0.3 is 10.6 Å². The van der Waals surface area contributed by atoms with Crippen LogP contribution in [0.15, 0.2) is 24.3 Å². The zero-order chi connectivity index (χ0) is 13.7. The smallest absolute Gasteiger partial charge is 0.230 e. The highest BCUT2D eigenvalue weighted by molar-refractivity contribution is 6.31. The lowest BCUT2D eigenvalue weighted by molar-refractivity contribution is -0.123. The SMILES string of the molecule is O=CNCCCNC(=O)C1(c2ccccc2Cl)CC1. The van der Waals surface area contributed by atoms with Crippen molar-refractivity contribution in [2.24, 2.45) is 0 Å². The quantitative estimate of drug-likeness (QED) is 0.589. The minimum absolute atomic E-state index is 0.0340. The Morgan fingerprint density at radius 1 is 1.32 bits per heavy atom. The van der Waals surface area contributed by atoms with Crippen LogP contribution in [0.1, 0.15) is 24.8 Å². The van der Waals surface area contributed by atoms with Crippen molar-refractivity contribution in [2.45, 2.75) is 24.7 Å². The first-order valence-corrected chi connectivity index (χ1v) is 6.79. The molecule has 1 aromatic carbocycles. The standard InChI is InChI=1S/C14H17ClN2O2/c15-12-5-2-1-4-11(12)14(6-7-14)13(19)17-9-3-8-16-10-18/h1-2,4-5,10H,3,6-9H2,(H,16,18)(H,17,19). The Hall–Kier alpha value is -1.55. The van der Waals surface area contributed by atoms with E-state index >= 15 is 0 Å². The van der Waals surface area contributed by atoms with Gasteiger partial charge in [-0.05, 0) is 30.9 Å². The molecule has 19 heavy (non-hydrogen) atoms. The molecular weight excluding hydrogens is 264 g/mol. The van der Waals surface area contributed by atoms with E-state index in [2.05, 4.69) is 10.6 Å². The number of nitrogens with one attached hydrogen (secondary N) is 2. The average molecular weight is 281 g/mol. The number of amides is 2. The topological polar surface area (TPSA) is 58.2 Å². The third-order valence-corrected chi connectivity index (χ3v) is 3.77. The Bertz CT molecular complexity index is 472. The van der Waals surface area contributed by atoms with Gasteiger partial charge >= 0.3 is 0 Å². The molecule has 0 bridgehead atoms. The average Bonchev–Trinajstić information content (AvgIpc) is 3.20. The van der Waals surface area contributed by atoms with Gasteiger partial charge in [0.2, 0.25) is 12.3 Å². The summed E-state index contributed by atoms with van der Waals surface area (Å²) in [5, 5.41) is 6.13. The summed E-state index contributed by atoms with van der Waals surface area (Å²) < 4.78 is 0.